The quantitative estimate of drug-likeness (QED) is 0.770. The Morgan fingerprint density at radius 2 is 2.10 bits per heavy atom. The van der Waals surface area contributed by atoms with Gasteiger partial charge in [-0.25, -0.2) is 0 Å². The fourth-order valence-corrected chi connectivity index (χ4v) is 3.14. The summed E-state index contributed by atoms with van der Waals surface area (Å²) in [5.41, 5.74) is 0.892. The van der Waals surface area contributed by atoms with Crippen LogP contribution in [0.3, 0.4) is 0 Å². The number of Topliss-reactive ketones (excluding diaryl/α,β-unsaturated/α-hetero) is 1. The summed E-state index contributed by atoms with van der Waals surface area (Å²) < 4.78 is 5.20. The van der Waals surface area contributed by atoms with Crippen LogP contribution in [0.1, 0.15) is 12.8 Å². The van der Waals surface area contributed by atoms with Crippen molar-refractivity contribution in [1.82, 2.24) is 10.2 Å². The number of carbonyl (C=O) groups is 2. The van der Waals surface area contributed by atoms with E-state index in [1.165, 1.54) is 0 Å². The molecule has 0 spiro atoms. The molecule has 3 rings (SSSR count). The Morgan fingerprint density at radius 1 is 1.38 bits per heavy atom. The summed E-state index contributed by atoms with van der Waals surface area (Å²) in [6, 6.07) is 0.238. The number of nitrogens with one attached hydrogen (secondary N) is 1. The average Bonchev–Trinajstić information content (AvgIpc) is 2.96. The lowest BCUT2D eigenvalue weighted by Crippen LogP contribution is -2.48. The summed E-state index contributed by atoms with van der Waals surface area (Å²) in [4.78, 5) is 26.7. The highest BCUT2D eigenvalue weighted by Crippen LogP contribution is 2.30. The number of amides is 1. The van der Waals surface area contributed by atoms with Crippen molar-refractivity contribution in [2.24, 2.45) is 11.8 Å². The zero-order valence-corrected chi connectivity index (χ0v) is 12.9. The number of hydrogen-bond acceptors (Lipinski definition) is 4. The van der Waals surface area contributed by atoms with Gasteiger partial charge in [-0.15, -0.1) is 12.4 Å². The fraction of sp³-hybridized carbons (Fsp3) is 0.600. The van der Waals surface area contributed by atoms with Gasteiger partial charge in [-0.1, -0.05) is 12.2 Å². The Kier molecular flexibility index (Phi) is 5.06. The molecule has 3 aliphatic rings. The standard InChI is InChI=1S/C15H20N2O3.ClH/c1-17(11-4-6-16-7-5-11)15(19)12-3-2-10-8-20-9-13(10)14(12)18;/h2-3,8,11-13,16H,4-7,9H2,1H3;1H. The highest BCUT2D eigenvalue weighted by atomic mass is 35.5. The van der Waals surface area contributed by atoms with Gasteiger partial charge in [0.05, 0.1) is 12.2 Å². The molecule has 0 aromatic rings. The van der Waals surface area contributed by atoms with Crippen LogP contribution in [0.4, 0.5) is 0 Å². The van der Waals surface area contributed by atoms with Crippen molar-refractivity contribution in [3.8, 4) is 0 Å². The number of ether oxygens (including phenoxy) is 1. The first-order valence-corrected chi connectivity index (χ1v) is 7.19. The van der Waals surface area contributed by atoms with Gasteiger partial charge in [0.15, 0.2) is 5.78 Å². The molecule has 21 heavy (non-hydrogen) atoms. The predicted octanol–water partition coefficient (Wildman–Crippen LogP) is 0.904. The van der Waals surface area contributed by atoms with E-state index in [2.05, 4.69) is 5.32 Å². The van der Waals surface area contributed by atoms with Crippen LogP contribution in [0, 0.1) is 11.8 Å². The van der Waals surface area contributed by atoms with Gasteiger partial charge >= 0.3 is 0 Å². The molecule has 5 nitrogen and oxygen atoms in total. The smallest absolute Gasteiger partial charge is 0.237 e. The van der Waals surface area contributed by atoms with E-state index >= 15 is 0 Å². The maximum absolute atomic E-state index is 12.6. The number of fused-ring (bicyclic) bond motifs is 1. The molecule has 2 heterocycles. The van der Waals surface area contributed by atoms with Crippen LogP contribution in [-0.2, 0) is 14.3 Å². The van der Waals surface area contributed by atoms with Crippen LogP contribution in [0.25, 0.3) is 0 Å². The van der Waals surface area contributed by atoms with E-state index in [0.717, 1.165) is 31.5 Å². The van der Waals surface area contributed by atoms with Gasteiger partial charge in [0, 0.05) is 18.7 Å². The Morgan fingerprint density at radius 3 is 2.81 bits per heavy atom. The Hall–Kier alpha value is -1.33. The van der Waals surface area contributed by atoms with E-state index in [0.29, 0.717) is 6.61 Å². The second-order valence-corrected chi connectivity index (χ2v) is 5.67. The van der Waals surface area contributed by atoms with Gasteiger partial charge in [-0.2, -0.15) is 0 Å². The number of carbonyl (C=O) groups excluding carboxylic acids is 2. The van der Waals surface area contributed by atoms with Gasteiger partial charge in [0.1, 0.15) is 12.5 Å². The van der Waals surface area contributed by atoms with Gasteiger partial charge in [0.2, 0.25) is 5.91 Å². The lowest BCUT2D eigenvalue weighted by Gasteiger charge is -2.34. The van der Waals surface area contributed by atoms with Crippen molar-refractivity contribution in [2.75, 3.05) is 26.7 Å². The minimum Gasteiger partial charge on any atom is -0.500 e. The van der Waals surface area contributed by atoms with E-state index in [1.54, 1.807) is 17.2 Å². The Bertz CT molecular complexity index is 483. The second-order valence-electron chi connectivity index (χ2n) is 5.67. The van der Waals surface area contributed by atoms with E-state index in [1.807, 2.05) is 13.1 Å². The maximum atomic E-state index is 12.6. The van der Waals surface area contributed by atoms with Crippen molar-refractivity contribution in [2.45, 2.75) is 18.9 Å². The zero-order valence-electron chi connectivity index (χ0n) is 12.1. The number of ketones is 1. The fourth-order valence-electron chi connectivity index (χ4n) is 3.14. The van der Waals surface area contributed by atoms with Crippen molar-refractivity contribution in [1.29, 1.82) is 0 Å². The van der Waals surface area contributed by atoms with Crippen molar-refractivity contribution in [3.63, 3.8) is 0 Å². The van der Waals surface area contributed by atoms with Crippen LogP contribution in [-0.4, -0.2) is 49.4 Å². The monoisotopic (exact) mass is 312 g/mol. The highest BCUT2D eigenvalue weighted by molar-refractivity contribution is 6.06. The lowest BCUT2D eigenvalue weighted by atomic mass is 9.82. The van der Waals surface area contributed by atoms with Crippen LogP contribution in [0.2, 0.25) is 0 Å². The van der Waals surface area contributed by atoms with Crippen LogP contribution < -0.4 is 5.32 Å². The van der Waals surface area contributed by atoms with Crippen LogP contribution in [0.15, 0.2) is 24.0 Å². The minimum atomic E-state index is -0.640. The Labute approximate surface area is 130 Å². The summed E-state index contributed by atoms with van der Waals surface area (Å²) in [5, 5.41) is 3.28. The normalized spacial score (nSPS) is 28.2. The first-order valence-electron chi connectivity index (χ1n) is 7.19. The van der Waals surface area contributed by atoms with Crippen molar-refractivity contribution >= 4 is 24.1 Å². The number of nitrogens with zero attached hydrogens (tertiary/aromatic N) is 1. The molecule has 2 aliphatic heterocycles. The average molecular weight is 313 g/mol. The molecular weight excluding hydrogens is 292 g/mol. The summed E-state index contributed by atoms with van der Waals surface area (Å²) in [7, 11) is 1.82. The molecule has 0 aromatic heterocycles. The van der Waals surface area contributed by atoms with Crippen molar-refractivity contribution < 1.29 is 14.3 Å². The number of allylic oxidation sites excluding steroid dienone is 1. The molecule has 0 aromatic carbocycles. The summed E-state index contributed by atoms with van der Waals surface area (Å²) in [6.07, 6.45) is 7.10. The SMILES string of the molecule is CN(C(=O)C1C=CC2=COCC2C1=O)C1CCNCC1.Cl. The third kappa shape index (κ3) is 2.99. The molecule has 2 unspecified atom stereocenters. The van der Waals surface area contributed by atoms with E-state index in [9.17, 15) is 9.59 Å². The Balaban J connectivity index is 0.00000161. The van der Waals surface area contributed by atoms with Crippen LogP contribution in [0.5, 0.6) is 0 Å². The number of hydrogen-bond donors (Lipinski definition) is 1. The molecule has 116 valence electrons. The van der Waals surface area contributed by atoms with E-state index in [-0.39, 0.29) is 36.1 Å². The third-order valence-corrected chi connectivity index (χ3v) is 4.49. The third-order valence-electron chi connectivity index (χ3n) is 4.49. The van der Waals surface area contributed by atoms with Crippen molar-refractivity contribution in [3.05, 3.63) is 24.0 Å². The molecule has 0 saturated carbocycles. The van der Waals surface area contributed by atoms with Crippen LogP contribution >= 0.6 is 12.4 Å². The molecule has 1 amide bonds. The number of halogens is 1. The first kappa shape index (κ1) is 16.0. The number of piperidine rings is 1. The molecular formula is C15H21ClN2O3. The predicted molar refractivity (Wildman–Crippen MR) is 81.1 cm³/mol. The van der Waals surface area contributed by atoms with E-state index in [4.69, 9.17) is 4.74 Å². The second kappa shape index (κ2) is 6.62. The molecule has 0 radical (unpaired) electrons. The maximum Gasteiger partial charge on any atom is 0.237 e. The molecule has 2 atom stereocenters. The number of rotatable bonds is 2. The molecule has 0 bridgehead atoms. The van der Waals surface area contributed by atoms with Gasteiger partial charge in [-0.05, 0) is 25.9 Å². The molecule has 1 fully saturated rings. The molecule has 6 heteroatoms. The molecule has 1 aliphatic carbocycles. The lowest BCUT2D eigenvalue weighted by molar-refractivity contribution is -0.141. The largest absolute Gasteiger partial charge is 0.500 e. The summed E-state index contributed by atoms with van der Waals surface area (Å²) >= 11 is 0. The van der Waals surface area contributed by atoms with Gasteiger partial charge in [-0.3, -0.25) is 9.59 Å². The van der Waals surface area contributed by atoms with Gasteiger partial charge < -0.3 is 15.0 Å². The summed E-state index contributed by atoms with van der Waals surface area (Å²) in [6.45, 7) is 2.24. The highest BCUT2D eigenvalue weighted by Gasteiger charge is 2.40. The first-order chi connectivity index (χ1) is 9.68. The molecule has 1 N–H and O–H groups in total. The minimum absolute atomic E-state index is 0. The summed E-state index contributed by atoms with van der Waals surface area (Å²) in [5.74, 6) is -1.000. The molecule has 1 saturated heterocycles. The topological polar surface area (TPSA) is 58.6 Å². The van der Waals surface area contributed by atoms with Gasteiger partial charge in [0.25, 0.3) is 0 Å². The zero-order chi connectivity index (χ0) is 14.1. The van der Waals surface area contributed by atoms with E-state index < -0.39 is 5.92 Å².